The minimum absolute atomic E-state index is 0.00882. The Balaban J connectivity index is 1.51. The van der Waals surface area contributed by atoms with Gasteiger partial charge in [0.2, 0.25) is 5.91 Å². The number of hydrogen-bond acceptors (Lipinski definition) is 5. The Hall–Kier alpha value is -1.40. The number of ether oxygens (including phenoxy) is 1. The molecule has 0 radical (unpaired) electrons. The zero-order chi connectivity index (χ0) is 18.2. The summed E-state index contributed by atoms with van der Waals surface area (Å²) >= 11 is 0. The Morgan fingerprint density at radius 1 is 1.27 bits per heavy atom. The van der Waals surface area contributed by atoms with Crippen molar-refractivity contribution in [2.24, 2.45) is 11.7 Å². The first-order chi connectivity index (χ1) is 12.7. The van der Waals surface area contributed by atoms with Crippen molar-refractivity contribution in [3.63, 3.8) is 0 Å². The Kier molecular flexibility index (Phi) is 7.50. The number of carbonyl (C=O) groups excluding carboxylic acids is 1. The quantitative estimate of drug-likeness (QED) is 0.728. The molecule has 146 valence electrons. The van der Waals surface area contributed by atoms with Crippen LogP contribution in [0.15, 0.2) is 10.7 Å². The van der Waals surface area contributed by atoms with E-state index in [2.05, 4.69) is 9.88 Å². The van der Waals surface area contributed by atoms with Crippen molar-refractivity contribution in [2.45, 2.75) is 70.3 Å². The number of aromatic nitrogens is 1. The van der Waals surface area contributed by atoms with Gasteiger partial charge in [0.05, 0.1) is 18.9 Å². The molecule has 3 rings (SSSR count). The predicted molar refractivity (Wildman–Crippen MR) is 99.6 cm³/mol. The highest BCUT2D eigenvalue weighted by molar-refractivity contribution is 5.74. The number of amides is 1. The standard InChI is InChI=1S/C20H33N3O3/c21-19(24)13-17(8-4-7-16-5-2-1-3-6-16)20-22-18(15-26-20)14-23-9-11-25-12-10-23/h15-17H,1-14H2,(H2,21,24)/t17-/m1/s1. The van der Waals surface area contributed by atoms with E-state index >= 15 is 0 Å². The highest BCUT2D eigenvalue weighted by atomic mass is 16.5. The molecule has 0 unspecified atom stereocenters. The van der Waals surface area contributed by atoms with Gasteiger partial charge in [-0.2, -0.15) is 0 Å². The van der Waals surface area contributed by atoms with Crippen molar-refractivity contribution in [3.05, 3.63) is 17.8 Å². The highest BCUT2D eigenvalue weighted by Crippen LogP contribution is 2.31. The molecule has 2 heterocycles. The first-order valence-corrected chi connectivity index (χ1v) is 10.2. The maximum Gasteiger partial charge on any atom is 0.218 e. The third-order valence-corrected chi connectivity index (χ3v) is 5.75. The average Bonchev–Trinajstić information content (AvgIpc) is 3.11. The van der Waals surface area contributed by atoms with Crippen LogP contribution in [0.3, 0.4) is 0 Å². The molecule has 6 nitrogen and oxygen atoms in total. The molecule has 1 saturated heterocycles. The van der Waals surface area contributed by atoms with E-state index in [9.17, 15) is 4.79 Å². The molecule has 2 fully saturated rings. The van der Waals surface area contributed by atoms with E-state index in [1.165, 1.54) is 38.5 Å². The lowest BCUT2D eigenvalue weighted by molar-refractivity contribution is -0.118. The molecule has 1 aliphatic carbocycles. The zero-order valence-electron chi connectivity index (χ0n) is 15.8. The molecule has 6 heteroatoms. The van der Waals surface area contributed by atoms with Crippen LogP contribution in [-0.4, -0.2) is 42.1 Å². The Bertz CT molecular complexity index is 548. The van der Waals surface area contributed by atoms with Gasteiger partial charge in [0, 0.05) is 32.0 Å². The molecule has 26 heavy (non-hydrogen) atoms. The van der Waals surface area contributed by atoms with Crippen molar-refractivity contribution in [1.29, 1.82) is 0 Å². The highest BCUT2D eigenvalue weighted by Gasteiger charge is 2.22. The lowest BCUT2D eigenvalue weighted by Crippen LogP contribution is -2.35. The average molecular weight is 364 g/mol. The molecule has 1 atom stereocenters. The molecule has 2 aliphatic rings. The summed E-state index contributed by atoms with van der Waals surface area (Å²) < 4.78 is 11.1. The molecule has 0 aromatic carbocycles. The van der Waals surface area contributed by atoms with Crippen LogP contribution in [0.4, 0.5) is 0 Å². The van der Waals surface area contributed by atoms with Crippen molar-refractivity contribution < 1.29 is 13.9 Å². The first kappa shape index (κ1) is 19.4. The van der Waals surface area contributed by atoms with Crippen LogP contribution in [-0.2, 0) is 16.1 Å². The topological polar surface area (TPSA) is 81.6 Å². The van der Waals surface area contributed by atoms with Crippen LogP contribution < -0.4 is 5.73 Å². The summed E-state index contributed by atoms with van der Waals surface area (Å²) in [4.78, 5) is 18.5. The van der Waals surface area contributed by atoms with Gasteiger partial charge in [0.25, 0.3) is 0 Å². The number of morpholine rings is 1. The Morgan fingerprint density at radius 2 is 2.04 bits per heavy atom. The smallest absolute Gasteiger partial charge is 0.218 e. The van der Waals surface area contributed by atoms with Gasteiger partial charge in [-0.3, -0.25) is 9.69 Å². The van der Waals surface area contributed by atoms with Gasteiger partial charge < -0.3 is 14.9 Å². The lowest BCUT2D eigenvalue weighted by atomic mass is 9.84. The fourth-order valence-electron chi connectivity index (χ4n) is 4.26. The van der Waals surface area contributed by atoms with Gasteiger partial charge >= 0.3 is 0 Å². The van der Waals surface area contributed by atoms with E-state index in [1.807, 2.05) is 0 Å². The number of primary amides is 1. The van der Waals surface area contributed by atoms with Crippen LogP contribution in [0.2, 0.25) is 0 Å². The SMILES string of the molecule is NC(=O)C[C@@H](CCCC1CCCCC1)c1nc(CN2CCOCC2)co1. The van der Waals surface area contributed by atoms with E-state index in [1.54, 1.807) is 6.26 Å². The minimum Gasteiger partial charge on any atom is -0.448 e. The molecule has 2 N–H and O–H groups in total. The van der Waals surface area contributed by atoms with Crippen molar-refractivity contribution in [3.8, 4) is 0 Å². The van der Waals surface area contributed by atoms with Crippen molar-refractivity contribution >= 4 is 5.91 Å². The number of nitrogens with two attached hydrogens (primary N) is 1. The monoisotopic (exact) mass is 363 g/mol. The molecule has 0 bridgehead atoms. The predicted octanol–water partition coefficient (Wildman–Crippen LogP) is 3.22. The molecule has 1 saturated carbocycles. The normalized spacial score (nSPS) is 20.9. The second-order valence-electron chi connectivity index (χ2n) is 7.87. The number of rotatable bonds is 9. The fraction of sp³-hybridized carbons (Fsp3) is 0.800. The second kappa shape index (κ2) is 10.1. The van der Waals surface area contributed by atoms with E-state index in [-0.39, 0.29) is 11.8 Å². The molecule has 0 spiro atoms. The lowest BCUT2D eigenvalue weighted by Gasteiger charge is -2.25. The summed E-state index contributed by atoms with van der Waals surface area (Å²) in [6.07, 6.45) is 12.2. The van der Waals surface area contributed by atoms with Crippen LogP contribution in [0.25, 0.3) is 0 Å². The summed E-state index contributed by atoms with van der Waals surface area (Å²) in [5.74, 6) is 1.27. The summed E-state index contributed by atoms with van der Waals surface area (Å²) in [5.41, 5.74) is 6.40. The Labute approximate surface area is 156 Å². The summed E-state index contributed by atoms with van der Waals surface area (Å²) in [6.45, 7) is 4.17. The third kappa shape index (κ3) is 6.09. The van der Waals surface area contributed by atoms with Gasteiger partial charge in [-0.1, -0.05) is 44.9 Å². The van der Waals surface area contributed by atoms with Crippen LogP contribution in [0.5, 0.6) is 0 Å². The molecular weight excluding hydrogens is 330 g/mol. The molecule has 1 aromatic heterocycles. The summed E-state index contributed by atoms with van der Waals surface area (Å²) in [7, 11) is 0. The molecule has 1 amide bonds. The minimum atomic E-state index is -0.277. The van der Waals surface area contributed by atoms with Crippen LogP contribution in [0.1, 0.15) is 75.3 Å². The van der Waals surface area contributed by atoms with Gasteiger partial charge in [0.1, 0.15) is 6.26 Å². The molecular formula is C20H33N3O3. The summed E-state index contributed by atoms with van der Waals surface area (Å²) in [5, 5.41) is 0. The van der Waals surface area contributed by atoms with Crippen LogP contribution in [0, 0.1) is 5.92 Å². The summed E-state index contributed by atoms with van der Waals surface area (Å²) in [6, 6.07) is 0. The number of nitrogens with zero attached hydrogens (tertiary/aromatic N) is 2. The van der Waals surface area contributed by atoms with E-state index < -0.39 is 0 Å². The number of oxazole rings is 1. The zero-order valence-corrected chi connectivity index (χ0v) is 15.8. The molecule has 1 aromatic rings. The van der Waals surface area contributed by atoms with Gasteiger partial charge in [-0.15, -0.1) is 0 Å². The van der Waals surface area contributed by atoms with E-state index in [0.717, 1.165) is 57.3 Å². The largest absolute Gasteiger partial charge is 0.448 e. The maximum absolute atomic E-state index is 11.5. The van der Waals surface area contributed by atoms with Gasteiger partial charge in [-0.05, 0) is 12.3 Å². The van der Waals surface area contributed by atoms with Gasteiger partial charge in [0.15, 0.2) is 5.89 Å². The molecule has 1 aliphatic heterocycles. The van der Waals surface area contributed by atoms with Crippen molar-refractivity contribution in [1.82, 2.24) is 9.88 Å². The number of hydrogen-bond donors (Lipinski definition) is 1. The first-order valence-electron chi connectivity index (χ1n) is 10.2. The van der Waals surface area contributed by atoms with Crippen molar-refractivity contribution in [2.75, 3.05) is 26.3 Å². The fourth-order valence-corrected chi connectivity index (χ4v) is 4.26. The number of carbonyl (C=O) groups is 1. The van der Waals surface area contributed by atoms with Crippen LogP contribution >= 0.6 is 0 Å². The maximum atomic E-state index is 11.5. The third-order valence-electron chi connectivity index (χ3n) is 5.75. The van der Waals surface area contributed by atoms with E-state index in [0.29, 0.717) is 12.3 Å². The van der Waals surface area contributed by atoms with E-state index in [4.69, 9.17) is 14.9 Å². The Morgan fingerprint density at radius 3 is 2.77 bits per heavy atom. The second-order valence-corrected chi connectivity index (χ2v) is 7.87. The van der Waals surface area contributed by atoms with Gasteiger partial charge in [-0.25, -0.2) is 4.98 Å².